The summed E-state index contributed by atoms with van der Waals surface area (Å²) in [6, 6.07) is 10.3. The summed E-state index contributed by atoms with van der Waals surface area (Å²) in [5.41, 5.74) is 0.646. The number of hydrogen-bond acceptors (Lipinski definition) is 5. The van der Waals surface area contributed by atoms with Crippen LogP contribution in [0.25, 0.3) is 0 Å². The molecule has 0 aliphatic carbocycles. The number of piperidine rings is 1. The second-order valence-electron chi connectivity index (χ2n) is 6.67. The molecule has 3 rings (SSSR count). The largest absolute Gasteiger partial charge is 0.496 e. The van der Waals surface area contributed by atoms with Crippen molar-refractivity contribution in [2.75, 3.05) is 20.2 Å². The van der Waals surface area contributed by atoms with Gasteiger partial charge in [0.1, 0.15) is 23.1 Å². The summed E-state index contributed by atoms with van der Waals surface area (Å²) in [4.78, 5) is 12.1. The Bertz CT molecular complexity index is 990. The van der Waals surface area contributed by atoms with Crippen molar-refractivity contribution in [3.05, 3.63) is 58.9 Å². The Morgan fingerprint density at radius 2 is 1.90 bits per heavy atom. The van der Waals surface area contributed by atoms with Crippen molar-refractivity contribution in [2.24, 2.45) is 5.92 Å². The van der Waals surface area contributed by atoms with Crippen molar-refractivity contribution in [1.29, 1.82) is 0 Å². The zero-order valence-corrected chi connectivity index (χ0v) is 17.4. The highest BCUT2D eigenvalue weighted by Crippen LogP contribution is 2.27. The predicted molar refractivity (Wildman–Crippen MR) is 106 cm³/mol. The van der Waals surface area contributed by atoms with Crippen LogP contribution in [0.5, 0.6) is 5.75 Å². The smallest absolute Gasteiger partial charge is 0.309 e. The SMILES string of the molecule is COc1ccc(Cl)cc1COC(=O)C1CCN(S(=O)(=O)c2ccccc2F)CC1. The van der Waals surface area contributed by atoms with E-state index in [0.29, 0.717) is 29.2 Å². The molecule has 1 saturated heterocycles. The summed E-state index contributed by atoms with van der Waals surface area (Å²) in [7, 11) is -2.42. The van der Waals surface area contributed by atoms with Crippen LogP contribution in [0.1, 0.15) is 18.4 Å². The quantitative estimate of drug-likeness (QED) is 0.640. The van der Waals surface area contributed by atoms with Crippen LogP contribution in [0.15, 0.2) is 47.4 Å². The fourth-order valence-electron chi connectivity index (χ4n) is 3.25. The zero-order valence-electron chi connectivity index (χ0n) is 15.8. The maximum Gasteiger partial charge on any atom is 0.309 e. The average Bonchev–Trinajstić information content (AvgIpc) is 2.72. The number of esters is 1. The van der Waals surface area contributed by atoms with Gasteiger partial charge in [0.05, 0.1) is 13.0 Å². The van der Waals surface area contributed by atoms with E-state index in [4.69, 9.17) is 21.1 Å². The molecule has 0 bridgehead atoms. The van der Waals surface area contributed by atoms with Crippen molar-refractivity contribution in [2.45, 2.75) is 24.3 Å². The highest BCUT2D eigenvalue weighted by molar-refractivity contribution is 7.89. The molecule has 0 saturated carbocycles. The van der Waals surface area contributed by atoms with Crippen LogP contribution in [-0.4, -0.2) is 38.9 Å². The summed E-state index contributed by atoms with van der Waals surface area (Å²) in [6.07, 6.45) is 0.610. The van der Waals surface area contributed by atoms with Gasteiger partial charge in [-0.1, -0.05) is 23.7 Å². The van der Waals surface area contributed by atoms with Crippen LogP contribution >= 0.6 is 11.6 Å². The van der Waals surface area contributed by atoms with Crippen molar-refractivity contribution in [3.63, 3.8) is 0 Å². The topological polar surface area (TPSA) is 72.9 Å². The molecule has 0 radical (unpaired) electrons. The maximum absolute atomic E-state index is 13.9. The number of methoxy groups -OCH3 is 1. The molecule has 2 aromatic rings. The van der Waals surface area contributed by atoms with E-state index < -0.39 is 27.7 Å². The van der Waals surface area contributed by atoms with E-state index in [2.05, 4.69) is 0 Å². The molecule has 9 heteroatoms. The Morgan fingerprint density at radius 3 is 2.55 bits per heavy atom. The van der Waals surface area contributed by atoms with Gasteiger partial charge in [0.2, 0.25) is 10.0 Å². The van der Waals surface area contributed by atoms with Gasteiger partial charge in [0.15, 0.2) is 0 Å². The minimum Gasteiger partial charge on any atom is -0.496 e. The summed E-state index contributed by atoms with van der Waals surface area (Å²) in [5.74, 6) is -1.06. The lowest BCUT2D eigenvalue weighted by atomic mass is 9.98. The van der Waals surface area contributed by atoms with Crippen LogP contribution in [0.4, 0.5) is 4.39 Å². The highest BCUT2D eigenvalue weighted by Gasteiger charge is 2.34. The lowest BCUT2D eigenvalue weighted by Crippen LogP contribution is -2.40. The molecule has 0 unspecified atom stereocenters. The van der Waals surface area contributed by atoms with Crippen LogP contribution in [0, 0.1) is 11.7 Å². The van der Waals surface area contributed by atoms with E-state index in [1.165, 1.54) is 29.6 Å². The molecule has 6 nitrogen and oxygen atoms in total. The Kier molecular flexibility index (Phi) is 6.77. The molecule has 0 atom stereocenters. The molecule has 156 valence electrons. The zero-order chi connectivity index (χ0) is 21.0. The monoisotopic (exact) mass is 441 g/mol. The summed E-state index contributed by atoms with van der Waals surface area (Å²) in [6.45, 7) is 0.254. The molecule has 1 fully saturated rings. The molecule has 0 amide bonds. The van der Waals surface area contributed by atoms with Gasteiger partial charge in [0.25, 0.3) is 0 Å². The molecular formula is C20H21ClFNO5S. The van der Waals surface area contributed by atoms with Crippen molar-refractivity contribution >= 4 is 27.6 Å². The number of hydrogen-bond donors (Lipinski definition) is 0. The number of nitrogens with zero attached hydrogens (tertiary/aromatic N) is 1. The molecular weight excluding hydrogens is 421 g/mol. The fourth-order valence-corrected chi connectivity index (χ4v) is 4.98. The summed E-state index contributed by atoms with van der Waals surface area (Å²) < 4.78 is 51.0. The van der Waals surface area contributed by atoms with E-state index in [9.17, 15) is 17.6 Å². The predicted octanol–water partition coefficient (Wildman–Crippen LogP) is 3.63. The van der Waals surface area contributed by atoms with Gasteiger partial charge < -0.3 is 9.47 Å². The second-order valence-corrected chi connectivity index (χ2v) is 9.02. The number of rotatable bonds is 6. The molecule has 0 aromatic heterocycles. The fraction of sp³-hybridized carbons (Fsp3) is 0.350. The van der Waals surface area contributed by atoms with Gasteiger partial charge in [-0.25, -0.2) is 12.8 Å². The normalized spacial score (nSPS) is 15.8. The van der Waals surface area contributed by atoms with Gasteiger partial charge in [-0.05, 0) is 43.2 Å². The molecule has 0 spiro atoms. The Labute approximate surface area is 174 Å². The summed E-state index contributed by atoms with van der Waals surface area (Å²) >= 11 is 5.97. The van der Waals surface area contributed by atoms with Crippen LogP contribution < -0.4 is 4.74 Å². The number of ether oxygens (including phenoxy) is 2. The van der Waals surface area contributed by atoms with Gasteiger partial charge in [-0.15, -0.1) is 0 Å². The van der Waals surface area contributed by atoms with Crippen LogP contribution in [0.3, 0.4) is 0 Å². The summed E-state index contributed by atoms with van der Waals surface area (Å²) in [5, 5.41) is 0.503. The van der Waals surface area contributed by atoms with Crippen molar-refractivity contribution < 1.29 is 27.1 Å². The number of carbonyl (C=O) groups is 1. The first kappa shape index (κ1) is 21.5. The van der Waals surface area contributed by atoms with E-state index in [1.807, 2.05) is 0 Å². The Morgan fingerprint density at radius 1 is 1.21 bits per heavy atom. The first-order valence-electron chi connectivity index (χ1n) is 9.06. The third-order valence-corrected chi connectivity index (χ3v) is 7.02. The van der Waals surface area contributed by atoms with Gasteiger partial charge in [-0.2, -0.15) is 4.31 Å². The number of sulfonamides is 1. The molecule has 1 heterocycles. The van der Waals surface area contributed by atoms with Crippen molar-refractivity contribution in [1.82, 2.24) is 4.31 Å². The minimum absolute atomic E-state index is 0.0102. The minimum atomic E-state index is -3.94. The molecule has 1 aliphatic heterocycles. The van der Waals surface area contributed by atoms with Crippen molar-refractivity contribution in [3.8, 4) is 5.75 Å². The van der Waals surface area contributed by atoms with E-state index in [1.54, 1.807) is 18.2 Å². The van der Waals surface area contributed by atoms with Crippen LogP contribution in [-0.2, 0) is 26.2 Å². The lowest BCUT2D eigenvalue weighted by molar-refractivity contribution is -0.151. The second kappa shape index (κ2) is 9.11. The third kappa shape index (κ3) is 4.88. The maximum atomic E-state index is 13.9. The molecule has 1 aliphatic rings. The Balaban J connectivity index is 1.59. The van der Waals surface area contributed by atoms with Gasteiger partial charge >= 0.3 is 5.97 Å². The first-order valence-corrected chi connectivity index (χ1v) is 10.9. The molecule has 0 N–H and O–H groups in total. The average molecular weight is 442 g/mol. The molecule has 2 aromatic carbocycles. The van der Waals surface area contributed by atoms with Gasteiger partial charge in [-0.3, -0.25) is 4.79 Å². The Hall–Kier alpha value is -2.16. The number of benzene rings is 2. The first-order chi connectivity index (χ1) is 13.8. The highest BCUT2D eigenvalue weighted by atomic mass is 35.5. The molecule has 29 heavy (non-hydrogen) atoms. The van der Waals surface area contributed by atoms with E-state index in [-0.39, 0.29) is 24.6 Å². The van der Waals surface area contributed by atoms with E-state index in [0.717, 1.165) is 6.07 Å². The van der Waals surface area contributed by atoms with Crippen LogP contribution in [0.2, 0.25) is 5.02 Å². The number of halogens is 2. The third-order valence-electron chi connectivity index (χ3n) is 4.85. The standard InChI is InChI=1S/C20H21ClFNO5S/c1-27-18-7-6-16(21)12-15(18)13-28-20(24)14-8-10-23(11-9-14)29(25,26)19-5-3-2-4-17(19)22/h2-7,12,14H,8-11,13H2,1H3. The number of carbonyl (C=O) groups excluding carboxylic acids is 1. The lowest BCUT2D eigenvalue weighted by Gasteiger charge is -2.30. The van der Waals surface area contributed by atoms with E-state index >= 15 is 0 Å². The van der Waals surface area contributed by atoms with Gasteiger partial charge in [0, 0.05) is 23.7 Å².